The largest absolute Gasteiger partial charge is 0.482 e. The summed E-state index contributed by atoms with van der Waals surface area (Å²) in [7, 11) is -2.31. The molecule has 1 N–H and O–H groups in total. The van der Waals surface area contributed by atoms with E-state index in [1.807, 2.05) is 48.5 Å². The molecule has 0 atom stereocenters. The van der Waals surface area contributed by atoms with Crippen LogP contribution in [-0.4, -0.2) is 53.6 Å². The average molecular weight is 588 g/mol. The Labute approximate surface area is 245 Å². The molecule has 0 aromatic heterocycles. The van der Waals surface area contributed by atoms with Gasteiger partial charge < -0.3 is 19.7 Å². The number of benzene rings is 4. The molecule has 4 aromatic rings. The number of amides is 1. The van der Waals surface area contributed by atoms with Gasteiger partial charge in [-0.15, -0.1) is 0 Å². The number of rotatable bonds is 10. The van der Waals surface area contributed by atoms with Gasteiger partial charge in [0, 0.05) is 31.5 Å². The van der Waals surface area contributed by atoms with Crippen molar-refractivity contribution < 1.29 is 27.5 Å². The number of nitrogens with one attached hydrogen (secondary N) is 1. The first-order chi connectivity index (χ1) is 20.3. The fraction of sp³-hybridized carbons (Fsp3) is 0.250. The van der Waals surface area contributed by atoms with Crippen molar-refractivity contribution in [3.05, 3.63) is 91.0 Å². The molecule has 1 aliphatic heterocycles. The first-order valence-corrected chi connectivity index (χ1v) is 15.2. The van der Waals surface area contributed by atoms with E-state index in [9.17, 15) is 18.0 Å². The van der Waals surface area contributed by atoms with Crippen LogP contribution >= 0.6 is 0 Å². The highest BCUT2D eigenvalue weighted by Gasteiger charge is 2.22. The van der Waals surface area contributed by atoms with E-state index >= 15 is 0 Å². The van der Waals surface area contributed by atoms with Crippen LogP contribution in [0.2, 0.25) is 0 Å². The van der Waals surface area contributed by atoms with Crippen molar-refractivity contribution in [3.63, 3.8) is 0 Å². The molecule has 4 aromatic carbocycles. The quantitative estimate of drug-likeness (QED) is 0.254. The van der Waals surface area contributed by atoms with E-state index in [1.165, 1.54) is 30.6 Å². The predicted molar refractivity (Wildman–Crippen MR) is 164 cm³/mol. The molecule has 1 aliphatic rings. The molecular weight excluding hydrogens is 554 g/mol. The SMILES string of the molecule is CN(c1ccc(OCC(=O)OCC(=O)Nc2ccc(N3CCCCC3)cc2)cc1)S(=O)(=O)c1ccc2ccccc2c1. The molecule has 1 amide bonds. The second-order valence-electron chi connectivity index (χ2n) is 10.1. The molecule has 0 radical (unpaired) electrons. The molecule has 0 saturated carbocycles. The molecule has 0 spiro atoms. The molecule has 0 bridgehead atoms. The van der Waals surface area contributed by atoms with Crippen molar-refractivity contribution in [2.24, 2.45) is 0 Å². The Hall–Kier alpha value is -4.57. The highest BCUT2D eigenvalue weighted by atomic mass is 32.2. The van der Waals surface area contributed by atoms with Gasteiger partial charge in [-0.05, 0) is 90.7 Å². The van der Waals surface area contributed by atoms with Gasteiger partial charge in [-0.25, -0.2) is 13.2 Å². The van der Waals surface area contributed by atoms with Gasteiger partial charge in [0.05, 0.1) is 10.6 Å². The number of carbonyl (C=O) groups is 2. The van der Waals surface area contributed by atoms with Crippen molar-refractivity contribution in [2.45, 2.75) is 24.2 Å². The second kappa shape index (κ2) is 12.9. The third-order valence-corrected chi connectivity index (χ3v) is 8.95. The van der Waals surface area contributed by atoms with Gasteiger partial charge in [-0.2, -0.15) is 0 Å². The van der Waals surface area contributed by atoms with Crippen LogP contribution in [0.25, 0.3) is 10.8 Å². The lowest BCUT2D eigenvalue weighted by molar-refractivity contribution is -0.149. The zero-order valence-electron chi connectivity index (χ0n) is 23.4. The first-order valence-electron chi connectivity index (χ1n) is 13.8. The number of sulfonamides is 1. The molecule has 0 aliphatic carbocycles. The normalized spacial score (nSPS) is 13.4. The van der Waals surface area contributed by atoms with Gasteiger partial charge in [0.2, 0.25) is 0 Å². The number of nitrogens with zero attached hydrogens (tertiary/aromatic N) is 2. The topological polar surface area (TPSA) is 105 Å². The summed E-state index contributed by atoms with van der Waals surface area (Å²) in [5.74, 6) is -0.801. The Morgan fingerprint density at radius 2 is 1.52 bits per heavy atom. The van der Waals surface area contributed by atoms with Crippen LogP contribution in [0.3, 0.4) is 0 Å². The van der Waals surface area contributed by atoms with E-state index in [2.05, 4.69) is 10.2 Å². The highest BCUT2D eigenvalue weighted by molar-refractivity contribution is 7.92. The summed E-state index contributed by atoms with van der Waals surface area (Å²) in [5.41, 5.74) is 2.18. The number of anilines is 3. The lowest BCUT2D eigenvalue weighted by atomic mass is 10.1. The summed E-state index contributed by atoms with van der Waals surface area (Å²) in [6.07, 6.45) is 3.64. The fourth-order valence-electron chi connectivity index (χ4n) is 4.81. The average Bonchev–Trinajstić information content (AvgIpc) is 3.03. The molecule has 10 heteroatoms. The summed E-state index contributed by atoms with van der Waals surface area (Å²) >= 11 is 0. The molecule has 1 saturated heterocycles. The lowest BCUT2D eigenvalue weighted by Gasteiger charge is -2.28. The van der Waals surface area contributed by atoms with Crippen molar-refractivity contribution in [2.75, 3.05) is 47.9 Å². The van der Waals surface area contributed by atoms with Crippen molar-refractivity contribution in [1.29, 1.82) is 0 Å². The van der Waals surface area contributed by atoms with Crippen LogP contribution in [0, 0.1) is 0 Å². The van der Waals surface area contributed by atoms with Crippen LogP contribution < -0.4 is 19.3 Å². The van der Waals surface area contributed by atoms with Crippen LogP contribution in [0.15, 0.2) is 95.9 Å². The van der Waals surface area contributed by atoms with Gasteiger partial charge in [0.15, 0.2) is 13.2 Å². The molecule has 218 valence electrons. The van der Waals surface area contributed by atoms with E-state index in [4.69, 9.17) is 9.47 Å². The number of carbonyl (C=O) groups excluding carboxylic acids is 2. The fourth-order valence-corrected chi connectivity index (χ4v) is 6.04. The number of fused-ring (bicyclic) bond motifs is 1. The monoisotopic (exact) mass is 587 g/mol. The lowest BCUT2D eigenvalue weighted by Crippen LogP contribution is -2.29. The minimum atomic E-state index is -3.79. The number of hydrogen-bond donors (Lipinski definition) is 1. The van der Waals surface area contributed by atoms with Crippen LogP contribution in [0.1, 0.15) is 19.3 Å². The van der Waals surface area contributed by atoms with Crippen LogP contribution in [0.5, 0.6) is 5.75 Å². The summed E-state index contributed by atoms with van der Waals surface area (Å²) in [6, 6.07) is 26.5. The van der Waals surface area contributed by atoms with E-state index in [-0.39, 0.29) is 4.90 Å². The summed E-state index contributed by atoms with van der Waals surface area (Å²) in [6.45, 7) is 1.24. The molecule has 1 fully saturated rings. The van der Waals surface area contributed by atoms with Gasteiger partial charge in [0.1, 0.15) is 5.75 Å². The molecule has 1 heterocycles. The smallest absolute Gasteiger partial charge is 0.344 e. The minimum absolute atomic E-state index is 0.185. The third kappa shape index (κ3) is 7.01. The highest BCUT2D eigenvalue weighted by Crippen LogP contribution is 2.27. The first kappa shape index (κ1) is 28.9. The van der Waals surface area contributed by atoms with E-state index in [0.717, 1.165) is 29.5 Å². The maximum absolute atomic E-state index is 13.2. The number of ether oxygens (including phenoxy) is 2. The molecule has 0 unspecified atom stereocenters. The number of esters is 1. The Balaban J connectivity index is 1.08. The number of hydrogen-bond acceptors (Lipinski definition) is 7. The maximum Gasteiger partial charge on any atom is 0.344 e. The van der Waals surface area contributed by atoms with Gasteiger partial charge in [0.25, 0.3) is 15.9 Å². The molecular formula is C32H33N3O6S. The van der Waals surface area contributed by atoms with Gasteiger partial charge in [-0.1, -0.05) is 30.3 Å². The van der Waals surface area contributed by atoms with Crippen molar-refractivity contribution in [1.82, 2.24) is 0 Å². The third-order valence-electron chi connectivity index (χ3n) is 7.17. The zero-order chi connectivity index (χ0) is 29.5. The molecule has 42 heavy (non-hydrogen) atoms. The van der Waals surface area contributed by atoms with E-state index < -0.39 is 35.1 Å². The van der Waals surface area contributed by atoms with Crippen LogP contribution in [-0.2, 0) is 24.3 Å². The zero-order valence-corrected chi connectivity index (χ0v) is 24.2. The standard InChI is InChI=1S/C32H33N3O6S/c1-34(42(38,39)30-18-9-24-7-3-4-8-25(24)21-30)27-14-16-29(17-15-27)40-23-32(37)41-22-31(36)33-26-10-12-28(13-11-26)35-19-5-2-6-20-35/h3-4,7-18,21H,2,5-6,19-20,22-23H2,1H3,(H,33,36). The van der Waals surface area contributed by atoms with E-state index in [0.29, 0.717) is 17.1 Å². The number of piperidine rings is 1. The Morgan fingerprint density at radius 3 is 2.24 bits per heavy atom. The Kier molecular flexibility index (Phi) is 8.92. The van der Waals surface area contributed by atoms with Gasteiger partial charge >= 0.3 is 5.97 Å². The predicted octanol–water partition coefficient (Wildman–Crippen LogP) is 5.22. The summed E-state index contributed by atoms with van der Waals surface area (Å²) < 4.78 is 38.1. The maximum atomic E-state index is 13.2. The summed E-state index contributed by atoms with van der Waals surface area (Å²) in [4.78, 5) is 26.9. The minimum Gasteiger partial charge on any atom is -0.482 e. The van der Waals surface area contributed by atoms with Crippen LogP contribution in [0.4, 0.5) is 17.1 Å². The molecule has 5 rings (SSSR count). The van der Waals surface area contributed by atoms with Crippen molar-refractivity contribution >= 4 is 49.7 Å². The molecule has 9 nitrogen and oxygen atoms in total. The summed E-state index contributed by atoms with van der Waals surface area (Å²) in [5, 5.41) is 4.51. The van der Waals surface area contributed by atoms with Gasteiger partial charge in [-0.3, -0.25) is 9.10 Å². The Bertz CT molecular complexity index is 1650. The Morgan fingerprint density at radius 1 is 0.833 bits per heavy atom. The van der Waals surface area contributed by atoms with Crippen molar-refractivity contribution in [3.8, 4) is 5.75 Å². The van der Waals surface area contributed by atoms with E-state index in [1.54, 1.807) is 42.5 Å². The second-order valence-corrected chi connectivity index (χ2v) is 12.0.